The van der Waals surface area contributed by atoms with E-state index in [0.29, 0.717) is 12.5 Å². The second kappa shape index (κ2) is 9.86. The minimum absolute atomic E-state index is 0.162. The van der Waals surface area contributed by atoms with Gasteiger partial charge in [0, 0.05) is 51.0 Å². The van der Waals surface area contributed by atoms with Gasteiger partial charge in [-0.1, -0.05) is 0 Å². The molecule has 1 amide bonds. The molecule has 7 heteroatoms. The SMILES string of the molecule is CCNC(=NCCCn1cccn1)NCCCC(=O)NC1CC1. The summed E-state index contributed by atoms with van der Waals surface area (Å²) in [5.41, 5.74) is 0. The number of nitrogens with zero attached hydrogens (tertiary/aromatic N) is 3. The number of aliphatic imine (C=N–C) groups is 1. The molecular weight excluding hydrogens is 292 g/mol. The molecule has 0 unspecified atom stereocenters. The van der Waals surface area contributed by atoms with Gasteiger partial charge in [-0.2, -0.15) is 5.10 Å². The number of hydrogen-bond acceptors (Lipinski definition) is 3. The largest absolute Gasteiger partial charge is 0.357 e. The van der Waals surface area contributed by atoms with Crippen LogP contribution >= 0.6 is 0 Å². The second-order valence-corrected chi connectivity index (χ2v) is 5.76. The van der Waals surface area contributed by atoms with E-state index in [1.807, 2.05) is 23.9 Å². The number of amides is 1. The van der Waals surface area contributed by atoms with Crippen molar-refractivity contribution in [3.63, 3.8) is 0 Å². The molecule has 3 N–H and O–H groups in total. The first kappa shape index (κ1) is 17.3. The Morgan fingerprint density at radius 3 is 2.91 bits per heavy atom. The fourth-order valence-corrected chi connectivity index (χ4v) is 2.18. The monoisotopic (exact) mass is 320 g/mol. The maximum atomic E-state index is 11.6. The summed E-state index contributed by atoms with van der Waals surface area (Å²) in [5.74, 6) is 0.978. The van der Waals surface area contributed by atoms with E-state index in [1.54, 1.807) is 6.20 Å². The second-order valence-electron chi connectivity index (χ2n) is 5.76. The Hall–Kier alpha value is -2.05. The van der Waals surface area contributed by atoms with Crippen molar-refractivity contribution < 1.29 is 4.79 Å². The van der Waals surface area contributed by atoms with Crippen LogP contribution in [0.3, 0.4) is 0 Å². The molecular formula is C16H28N6O. The Balaban J connectivity index is 1.57. The summed E-state index contributed by atoms with van der Waals surface area (Å²) in [7, 11) is 0. The molecule has 0 aliphatic heterocycles. The van der Waals surface area contributed by atoms with E-state index < -0.39 is 0 Å². The molecule has 0 saturated heterocycles. The standard InChI is InChI=1S/C16H28N6O/c1-2-17-16(19-10-4-12-22-13-5-11-20-22)18-9-3-6-15(23)21-14-7-8-14/h5,11,13-14H,2-4,6-10,12H2,1H3,(H,21,23)(H2,17,18,19). The molecule has 2 rings (SSSR count). The lowest BCUT2D eigenvalue weighted by Crippen LogP contribution is -2.38. The highest BCUT2D eigenvalue weighted by molar-refractivity contribution is 5.80. The van der Waals surface area contributed by atoms with Gasteiger partial charge in [-0.25, -0.2) is 0 Å². The summed E-state index contributed by atoms with van der Waals surface area (Å²) in [6.07, 6.45) is 8.36. The normalized spacial score (nSPS) is 14.6. The smallest absolute Gasteiger partial charge is 0.220 e. The molecule has 0 atom stereocenters. The topological polar surface area (TPSA) is 83.3 Å². The molecule has 7 nitrogen and oxygen atoms in total. The molecule has 0 spiro atoms. The number of nitrogens with one attached hydrogen (secondary N) is 3. The van der Waals surface area contributed by atoms with E-state index in [9.17, 15) is 4.79 Å². The Kier molecular flexibility index (Phi) is 7.42. The molecule has 1 aromatic rings. The summed E-state index contributed by atoms with van der Waals surface area (Å²) >= 11 is 0. The number of aryl methyl sites for hydroxylation is 1. The summed E-state index contributed by atoms with van der Waals surface area (Å²) in [6.45, 7) is 5.24. The van der Waals surface area contributed by atoms with Crippen molar-refractivity contribution >= 4 is 11.9 Å². The highest BCUT2D eigenvalue weighted by atomic mass is 16.1. The number of carbonyl (C=O) groups excluding carboxylic acids is 1. The Labute approximate surface area is 137 Å². The van der Waals surface area contributed by atoms with Gasteiger partial charge in [-0.05, 0) is 38.7 Å². The lowest BCUT2D eigenvalue weighted by Gasteiger charge is -2.11. The summed E-state index contributed by atoms with van der Waals surface area (Å²) < 4.78 is 1.91. The third-order valence-electron chi connectivity index (χ3n) is 3.53. The van der Waals surface area contributed by atoms with Crippen LogP contribution in [0.1, 0.15) is 39.0 Å². The quantitative estimate of drug-likeness (QED) is 0.340. The first-order valence-corrected chi connectivity index (χ1v) is 8.57. The van der Waals surface area contributed by atoms with E-state index in [1.165, 1.54) is 0 Å². The van der Waals surface area contributed by atoms with Crippen molar-refractivity contribution in [2.24, 2.45) is 4.99 Å². The molecule has 1 fully saturated rings. The van der Waals surface area contributed by atoms with Crippen LogP contribution in [-0.4, -0.2) is 47.3 Å². The molecule has 0 bridgehead atoms. The number of rotatable bonds is 10. The molecule has 0 radical (unpaired) electrons. The van der Waals surface area contributed by atoms with Crippen LogP contribution in [0.5, 0.6) is 0 Å². The van der Waals surface area contributed by atoms with Crippen LogP contribution in [0.15, 0.2) is 23.5 Å². The zero-order valence-electron chi connectivity index (χ0n) is 13.9. The number of guanidine groups is 1. The zero-order valence-corrected chi connectivity index (χ0v) is 13.9. The van der Waals surface area contributed by atoms with Gasteiger partial charge in [-0.3, -0.25) is 14.5 Å². The third-order valence-corrected chi connectivity index (χ3v) is 3.53. The van der Waals surface area contributed by atoms with Crippen molar-refractivity contribution in [3.8, 4) is 0 Å². The van der Waals surface area contributed by atoms with Crippen molar-refractivity contribution in [1.29, 1.82) is 0 Å². The van der Waals surface area contributed by atoms with E-state index in [-0.39, 0.29) is 5.91 Å². The van der Waals surface area contributed by atoms with Crippen LogP contribution in [0.4, 0.5) is 0 Å². The van der Waals surface area contributed by atoms with Crippen molar-refractivity contribution in [2.75, 3.05) is 19.6 Å². The van der Waals surface area contributed by atoms with Gasteiger partial charge in [0.1, 0.15) is 0 Å². The highest BCUT2D eigenvalue weighted by Crippen LogP contribution is 2.18. The number of hydrogen-bond donors (Lipinski definition) is 3. The van der Waals surface area contributed by atoms with E-state index in [0.717, 1.165) is 57.8 Å². The van der Waals surface area contributed by atoms with E-state index >= 15 is 0 Å². The maximum absolute atomic E-state index is 11.6. The van der Waals surface area contributed by atoms with Crippen molar-refractivity contribution in [1.82, 2.24) is 25.7 Å². The molecule has 1 saturated carbocycles. The zero-order chi connectivity index (χ0) is 16.3. The van der Waals surface area contributed by atoms with Gasteiger partial charge in [0.15, 0.2) is 5.96 Å². The molecule has 128 valence electrons. The minimum Gasteiger partial charge on any atom is -0.357 e. The van der Waals surface area contributed by atoms with Gasteiger partial charge in [0.25, 0.3) is 0 Å². The van der Waals surface area contributed by atoms with Crippen LogP contribution < -0.4 is 16.0 Å². The minimum atomic E-state index is 0.162. The summed E-state index contributed by atoms with van der Waals surface area (Å²) in [6, 6.07) is 2.37. The van der Waals surface area contributed by atoms with Gasteiger partial charge in [-0.15, -0.1) is 0 Å². The molecule has 0 aromatic carbocycles. The van der Waals surface area contributed by atoms with Gasteiger partial charge in [0.2, 0.25) is 5.91 Å². The average molecular weight is 320 g/mol. The van der Waals surface area contributed by atoms with Crippen molar-refractivity contribution in [3.05, 3.63) is 18.5 Å². The lowest BCUT2D eigenvalue weighted by atomic mass is 10.3. The first-order valence-electron chi connectivity index (χ1n) is 8.57. The first-order chi connectivity index (χ1) is 11.3. The molecule has 1 heterocycles. The Morgan fingerprint density at radius 2 is 2.22 bits per heavy atom. The highest BCUT2D eigenvalue weighted by Gasteiger charge is 2.22. The number of aromatic nitrogens is 2. The van der Waals surface area contributed by atoms with Crippen molar-refractivity contribution in [2.45, 2.75) is 51.6 Å². The Morgan fingerprint density at radius 1 is 1.35 bits per heavy atom. The summed E-state index contributed by atoms with van der Waals surface area (Å²) in [4.78, 5) is 16.1. The van der Waals surface area contributed by atoms with Crippen LogP contribution in [0.25, 0.3) is 0 Å². The van der Waals surface area contributed by atoms with Crippen LogP contribution in [0.2, 0.25) is 0 Å². The predicted octanol–water partition coefficient (Wildman–Crippen LogP) is 0.887. The predicted molar refractivity (Wildman–Crippen MR) is 91.2 cm³/mol. The molecule has 1 aromatic heterocycles. The average Bonchev–Trinajstić information content (AvgIpc) is 3.19. The number of carbonyl (C=O) groups is 1. The summed E-state index contributed by atoms with van der Waals surface area (Å²) in [5, 5.41) is 13.7. The third kappa shape index (κ3) is 7.67. The molecule has 23 heavy (non-hydrogen) atoms. The van der Waals surface area contributed by atoms with Crippen LogP contribution in [-0.2, 0) is 11.3 Å². The van der Waals surface area contributed by atoms with E-state index in [4.69, 9.17) is 0 Å². The fourth-order valence-electron chi connectivity index (χ4n) is 2.18. The lowest BCUT2D eigenvalue weighted by molar-refractivity contribution is -0.121. The van der Waals surface area contributed by atoms with Gasteiger partial charge >= 0.3 is 0 Å². The van der Waals surface area contributed by atoms with Gasteiger partial charge < -0.3 is 16.0 Å². The Bertz CT molecular complexity index is 481. The maximum Gasteiger partial charge on any atom is 0.220 e. The fraction of sp³-hybridized carbons (Fsp3) is 0.688. The molecule has 1 aliphatic rings. The van der Waals surface area contributed by atoms with E-state index in [2.05, 4.69) is 26.0 Å². The van der Waals surface area contributed by atoms with Crippen LogP contribution in [0, 0.1) is 0 Å². The van der Waals surface area contributed by atoms with Gasteiger partial charge in [0.05, 0.1) is 0 Å². The molecule has 1 aliphatic carbocycles.